The Labute approximate surface area is 163 Å². The van der Waals surface area contributed by atoms with Gasteiger partial charge in [0, 0.05) is 16.8 Å². The van der Waals surface area contributed by atoms with Gasteiger partial charge in [-0.15, -0.1) is 11.3 Å². The van der Waals surface area contributed by atoms with E-state index in [1.807, 2.05) is 25.1 Å². The Hall–Kier alpha value is -2.21. The van der Waals surface area contributed by atoms with Crippen molar-refractivity contribution < 1.29 is 9.59 Å². The summed E-state index contributed by atoms with van der Waals surface area (Å²) < 4.78 is 0. The van der Waals surface area contributed by atoms with Crippen LogP contribution >= 0.6 is 11.3 Å². The van der Waals surface area contributed by atoms with Gasteiger partial charge < -0.3 is 10.6 Å². The van der Waals surface area contributed by atoms with E-state index in [4.69, 9.17) is 0 Å². The third kappa shape index (κ3) is 4.21. The zero-order valence-electron chi connectivity index (χ0n) is 15.5. The lowest BCUT2D eigenvalue weighted by atomic mass is 9.93. The van der Waals surface area contributed by atoms with E-state index in [0.717, 1.165) is 36.3 Å². The highest BCUT2D eigenvalue weighted by atomic mass is 32.1. The number of hydrogen-bond donors (Lipinski definition) is 2. The van der Waals surface area contributed by atoms with Crippen LogP contribution < -0.4 is 10.6 Å². The SMILES string of the molecule is CC1(C(=O)N[C@@H](Cc2ccccc2)c2nc(C(=O)NC3CCC3)cs2)CC1. The Balaban J connectivity index is 1.50. The van der Waals surface area contributed by atoms with Crippen molar-refractivity contribution in [3.63, 3.8) is 0 Å². The number of amides is 2. The molecule has 4 rings (SSSR count). The molecule has 2 aliphatic carbocycles. The van der Waals surface area contributed by atoms with Crippen molar-refractivity contribution in [2.24, 2.45) is 5.41 Å². The van der Waals surface area contributed by atoms with Crippen LogP contribution in [0, 0.1) is 5.41 Å². The zero-order chi connectivity index (χ0) is 18.9. The Bertz CT molecular complexity index is 825. The average molecular weight is 384 g/mol. The molecule has 142 valence electrons. The highest BCUT2D eigenvalue weighted by Crippen LogP contribution is 2.45. The average Bonchev–Trinajstić information content (AvgIpc) is 3.19. The van der Waals surface area contributed by atoms with Gasteiger partial charge in [0.1, 0.15) is 10.7 Å². The van der Waals surface area contributed by atoms with Gasteiger partial charge in [-0.2, -0.15) is 0 Å². The van der Waals surface area contributed by atoms with Gasteiger partial charge in [-0.3, -0.25) is 9.59 Å². The Morgan fingerprint density at radius 2 is 2.00 bits per heavy atom. The molecule has 0 spiro atoms. The maximum atomic E-state index is 12.6. The number of aromatic nitrogens is 1. The summed E-state index contributed by atoms with van der Waals surface area (Å²) in [6, 6.07) is 10.1. The fourth-order valence-electron chi connectivity index (χ4n) is 3.16. The number of nitrogens with one attached hydrogen (secondary N) is 2. The van der Waals surface area contributed by atoms with E-state index >= 15 is 0 Å². The van der Waals surface area contributed by atoms with Gasteiger partial charge in [0.25, 0.3) is 5.91 Å². The van der Waals surface area contributed by atoms with Gasteiger partial charge in [-0.05, 0) is 44.1 Å². The van der Waals surface area contributed by atoms with E-state index in [-0.39, 0.29) is 29.3 Å². The monoisotopic (exact) mass is 383 g/mol. The van der Waals surface area contributed by atoms with Crippen molar-refractivity contribution >= 4 is 23.2 Å². The molecule has 2 N–H and O–H groups in total. The van der Waals surface area contributed by atoms with Crippen LogP contribution in [-0.4, -0.2) is 22.8 Å². The molecule has 2 fully saturated rings. The van der Waals surface area contributed by atoms with Gasteiger partial charge in [0.2, 0.25) is 5.91 Å². The third-order valence-electron chi connectivity index (χ3n) is 5.63. The van der Waals surface area contributed by atoms with E-state index in [9.17, 15) is 9.59 Å². The molecule has 0 saturated heterocycles. The van der Waals surface area contributed by atoms with Crippen molar-refractivity contribution in [3.05, 3.63) is 52.0 Å². The maximum Gasteiger partial charge on any atom is 0.270 e. The zero-order valence-corrected chi connectivity index (χ0v) is 16.3. The van der Waals surface area contributed by atoms with Crippen LogP contribution in [0.25, 0.3) is 0 Å². The lowest BCUT2D eigenvalue weighted by Crippen LogP contribution is -2.39. The maximum absolute atomic E-state index is 12.6. The van der Waals surface area contributed by atoms with Crippen molar-refractivity contribution in [2.75, 3.05) is 0 Å². The van der Waals surface area contributed by atoms with Gasteiger partial charge in [-0.25, -0.2) is 4.98 Å². The van der Waals surface area contributed by atoms with Gasteiger partial charge in [-0.1, -0.05) is 37.3 Å². The van der Waals surface area contributed by atoms with Crippen LogP contribution in [-0.2, 0) is 11.2 Å². The highest BCUT2D eigenvalue weighted by molar-refractivity contribution is 7.09. The summed E-state index contributed by atoms with van der Waals surface area (Å²) >= 11 is 1.44. The van der Waals surface area contributed by atoms with Gasteiger partial charge in [0.05, 0.1) is 6.04 Å². The van der Waals surface area contributed by atoms with E-state index in [1.165, 1.54) is 17.8 Å². The molecule has 1 aromatic heterocycles. The molecule has 1 heterocycles. The second kappa shape index (κ2) is 7.43. The largest absolute Gasteiger partial charge is 0.348 e. The molecule has 1 atom stereocenters. The molecule has 2 aliphatic rings. The van der Waals surface area contributed by atoms with Crippen molar-refractivity contribution in [1.82, 2.24) is 15.6 Å². The fraction of sp³-hybridized carbons (Fsp3) is 0.476. The van der Waals surface area contributed by atoms with E-state index < -0.39 is 0 Å². The minimum Gasteiger partial charge on any atom is -0.348 e. The second-order valence-corrected chi connectivity index (χ2v) is 8.84. The molecule has 0 aliphatic heterocycles. The number of carbonyl (C=O) groups excluding carboxylic acids is 2. The van der Waals surface area contributed by atoms with Gasteiger partial charge >= 0.3 is 0 Å². The molecule has 0 radical (unpaired) electrons. The van der Waals surface area contributed by atoms with Crippen molar-refractivity contribution in [2.45, 2.75) is 57.5 Å². The molecule has 6 heteroatoms. The molecule has 27 heavy (non-hydrogen) atoms. The normalized spacial score (nSPS) is 19.0. The molecule has 1 aromatic carbocycles. The minimum atomic E-state index is -0.239. The molecule has 2 saturated carbocycles. The first kappa shape index (κ1) is 18.2. The van der Waals surface area contributed by atoms with Crippen LogP contribution in [0.5, 0.6) is 0 Å². The summed E-state index contributed by atoms with van der Waals surface area (Å²) in [5, 5.41) is 8.79. The standard InChI is InChI=1S/C21H25N3O2S/c1-21(10-11-21)20(26)24-16(12-14-6-3-2-4-7-14)19-23-17(13-27-19)18(25)22-15-8-5-9-15/h2-4,6-7,13,15-16H,5,8-12H2,1H3,(H,22,25)(H,24,26)/t16-/m0/s1. The summed E-state index contributed by atoms with van der Waals surface area (Å²) in [7, 11) is 0. The summed E-state index contributed by atoms with van der Waals surface area (Å²) in [6.45, 7) is 2.00. The first-order valence-electron chi connectivity index (χ1n) is 9.65. The quantitative estimate of drug-likeness (QED) is 0.767. The second-order valence-electron chi connectivity index (χ2n) is 7.95. The number of thiazole rings is 1. The summed E-state index contributed by atoms with van der Waals surface area (Å²) in [5.74, 6) is -0.0276. The number of benzene rings is 1. The summed E-state index contributed by atoms with van der Waals surface area (Å²) in [4.78, 5) is 29.6. The Morgan fingerprint density at radius 1 is 1.26 bits per heavy atom. The van der Waals surface area contributed by atoms with E-state index in [0.29, 0.717) is 12.1 Å². The van der Waals surface area contributed by atoms with Crippen molar-refractivity contribution in [1.29, 1.82) is 0 Å². The number of carbonyl (C=O) groups is 2. The lowest BCUT2D eigenvalue weighted by molar-refractivity contribution is -0.126. The topological polar surface area (TPSA) is 71.1 Å². The smallest absolute Gasteiger partial charge is 0.270 e. The van der Waals surface area contributed by atoms with Crippen LogP contribution in [0.1, 0.15) is 66.1 Å². The molecule has 2 aromatic rings. The summed E-state index contributed by atoms with van der Waals surface area (Å²) in [5.41, 5.74) is 1.35. The van der Waals surface area contributed by atoms with E-state index in [1.54, 1.807) is 5.38 Å². The number of nitrogens with zero attached hydrogens (tertiary/aromatic N) is 1. The first-order chi connectivity index (χ1) is 13.0. The minimum absolute atomic E-state index is 0.0825. The third-order valence-corrected chi connectivity index (χ3v) is 6.59. The number of hydrogen-bond acceptors (Lipinski definition) is 4. The Kier molecular flexibility index (Phi) is 5.00. The molecular weight excluding hydrogens is 358 g/mol. The van der Waals surface area contributed by atoms with E-state index in [2.05, 4.69) is 27.8 Å². The van der Waals surface area contributed by atoms with Crippen molar-refractivity contribution in [3.8, 4) is 0 Å². The van der Waals surface area contributed by atoms with Crippen LogP contribution in [0.2, 0.25) is 0 Å². The highest BCUT2D eigenvalue weighted by Gasteiger charge is 2.45. The predicted molar refractivity (Wildman–Crippen MR) is 106 cm³/mol. The molecule has 2 amide bonds. The van der Waals surface area contributed by atoms with Gasteiger partial charge in [0.15, 0.2) is 0 Å². The molecular formula is C21H25N3O2S. The molecule has 0 bridgehead atoms. The first-order valence-corrected chi connectivity index (χ1v) is 10.5. The lowest BCUT2D eigenvalue weighted by Gasteiger charge is -2.25. The predicted octanol–water partition coefficient (Wildman–Crippen LogP) is 3.63. The fourth-order valence-corrected chi connectivity index (χ4v) is 4.01. The number of rotatable bonds is 7. The van der Waals surface area contributed by atoms with Crippen LogP contribution in [0.3, 0.4) is 0 Å². The van der Waals surface area contributed by atoms with Crippen LogP contribution in [0.15, 0.2) is 35.7 Å². The molecule has 0 unspecified atom stereocenters. The Morgan fingerprint density at radius 3 is 2.63 bits per heavy atom. The molecule has 5 nitrogen and oxygen atoms in total. The van der Waals surface area contributed by atoms with Crippen LogP contribution in [0.4, 0.5) is 0 Å². The summed E-state index contributed by atoms with van der Waals surface area (Å²) in [6.07, 6.45) is 5.81.